The molecule has 26 heavy (non-hydrogen) atoms. The van der Waals surface area contributed by atoms with Crippen LogP contribution in [0.5, 0.6) is 0 Å². The first-order chi connectivity index (χ1) is 12.7. The van der Waals surface area contributed by atoms with Crippen molar-refractivity contribution in [1.82, 2.24) is 29.6 Å². The highest BCUT2D eigenvalue weighted by molar-refractivity contribution is 5.94. The van der Waals surface area contributed by atoms with Crippen LogP contribution in [0.15, 0.2) is 49.2 Å². The second kappa shape index (κ2) is 7.01. The van der Waals surface area contributed by atoms with E-state index in [4.69, 9.17) is 4.74 Å². The third-order valence-corrected chi connectivity index (χ3v) is 4.29. The van der Waals surface area contributed by atoms with Crippen molar-refractivity contribution >= 4 is 5.91 Å². The van der Waals surface area contributed by atoms with Crippen molar-refractivity contribution in [2.24, 2.45) is 0 Å². The molecule has 8 nitrogen and oxygen atoms in total. The first kappa shape index (κ1) is 16.3. The van der Waals surface area contributed by atoms with Crippen molar-refractivity contribution in [2.45, 2.75) is 13.0 Å². The molecular weight excluding hydrogens is 332 g/mol. The summed E-state index contributed by atoms with van der Waals surface area (Å²) in [4.78, 5) is 23.3. The summed E-state index contributed by atoms with van der Waals surface area (Å²) >= 11 is 0. The minimum Gasteiger partial charge on any atom is -0.368 e. The molecule has 1 fully saturated rings. The number of carbonyl (C=O) groups is 1. The van der Waals surface area contributed by atoms with Crippen molar-refractivity contribution in [3.63, 3.8) is 0 Å². The molecule has 3 aromatic rings. The van der Waals surface area contributed by atoms with Gasteiger partial charge in [0.1, 0.15) is 24.6 Å². The van der Waals surface area contributed by atoms with Gasteiger partial charge in [-0.05, 0) is 31.2 Å². The molecule has 1 saturated heterocycles. The van der Waals surface area contributed by atoms with Crippen LogP contribution in [0.25, 0.3) is 5.69 Å². The first-order valence-corrected chi connectivity index (χ1v) is 8.36. The number of carbonyl (C=O) groups excluding carboxylic acids is 1. The van der Waals surface area contributed by atoms with Gasteiger partial charge < -0.3 is 9.64 Å². The van der Waals surface area contributed by atoms with E-state index >= 15 is 0 Å². The SMILES string of the molecule is Cc1nccc([C@@H]2CN(C(=O)c3cccc(-n4cnnc4)c3)CCO2)n1. The molecule has 2 aromatic heterocycles. The highest BCUT2D eigenvalue weighted by Crippen LogP contribution is 2.22. The lowest BCUT2D eigenvalue weighted by atomic mass is 10.1. The Bertz CT molecular complexity index is 912. The Hall–Kier alpha value is -3.13. The molecule has 0 N–H and O–H groups in total. The van der Waals surface area contributed by atoms with Crippen LogP contribution in [-0.4, -0.2) is 55.2 Å². The number of aromatic nitrogens is 5. The standard InChI is InChI=1S/C18H18N6O2/c1-13-19-6-5-16(22-13)17-10-23(7-8-26-17)18(25)14-3-2-4-15(9-14)24-11-20-21-12-24/h2-6,9,11-12,17H,7-8,10H2,1H3/t17-/m0/s1. The lowest BCUT2D eigenvalue weighted by molar-refractivity contribution is -0.0248. The van der Waals surface area contributed by atoms with E-state index in [0.29, 0.717) is 31.1 Å². The van der Waals surface area contributed by atoms with Crippen LogP contribution in [0.1, 0.15) is 28.0 Å². The van der Waals surface area contributed by atoms with Crippen LogP contribution in [0, 0.1) is 6.92 Å². The maximum absolute atomic E-state index is 13.0. The van der Waals surface area contributed by atoms with Gasteiger partial charge in [0.25, 0.3) is 5.91 Å². The van der Waals surface area contributed by atoms with E-state index in [2.05, 4.69) is 20.2 Å². The minimum atomic E-state index is -0.240. The van der Waals surface area contributed by atoms with Crippen LogP contribution in [0.2, 0.25) is 0 Å². The number of rotatable bonds is 3. The fraction of sp³-hybridized carbons (Fsp3) is 0.278. The summed E-state index contributed by atoms with van der Waals surface area (Å²) in [7, 11) is 0. The average Bonchev–Trinajstić information content (AvgIpc) is 3.22. The van der Waals surface area contributed by atoms with Gasteiger partial charge in [-0.15, -0.1) is 10.2 Å². The van der Waals surface area contributed by atoms with Crippen LogP contribution >= 0.6 is 0 Å². The highest BCUT2D eigenvalue weighted by Gasteiger charge is 2.27. The molecule has 4 rings (SSSR count). The molecular formula is C18H18N6O2. The molecule has 132 valence electrons. The number of amides is 1. The fourth-order valence-electron chi connectivity index (χ4n) is 2.98. The molecule has 1 atom stereocenters. The fourth-order valence-corrected chi connectivity index (χ4v) is 2.98. The Labute approximate surface area is 150 Å². The van der Waals surface area contributed by atoms with E-state index in [-0.39, 0.29) is 12.0 Å². The summed E-state index contributed by atoms with van der Waals surface area (Å²) < 4.78 is 7.58. The number of morpholine rings is 1. The molecule has 0 radical (unpaired) electrons. The Morgan fingerprint density at radius 1 is 1.23 bits per heavy atom. The minimum absolute atomic E-state index is 0.0287. The van der Waals surface area contributed by atoms with Gasteiger partial charge in [0.05, 0.1) is 18.8 Å². The number of aryl methyl sites for hydroxylation is 1. The normalized spacial score (nSPS) is 17.3. The summed E-state index contributed by atoms with van der Waals surface area (Å²) in [5.41, 5.74) is 2.26. The molecule has 3 heterocycles. The molecule has 1 aliphatic heterocycles. The largest absolute Gasteiger partial charge is 0.368 e. The average molecular weight is 350 g/mol. The number of nitrogens with zero attached hydrogens (tertiary/aromatic N) is 6. The zero-order valence-corrected chi connectivity index (χ0v) is 14.3. The van der Waals surface area contributed by atoms with Gasteiger partial charge in [-0.1, -0.05) is 6.07 Å². The van der Waals surface area contributed by atoms with Gasteiger partial charge in [-0.2, -0.15) is 0 Å². The maximum Gasteiger partial charge on any atom is 0.254 e. The predicted octanol–water partition coefficient (Wildman–Crippen LogP) is 1.58. The van der Waals surface area contributed by atoms with Gasteiger partial charge in [-0.25, -0.2) is 9.97 Å². The van der Waals surface area contributed by atoms with Gasteiger partial charge in [0.15, 0.2) is 0 Å². The summed E-state index contributed by atoms with van der Waals surface area (Å²) in [6.07, 6.45) is 4.68. The first-order valence-electron chi connectivity index (χ1n) is 8.36. The monoisotopic (exact) mass is 350 g/mol. The van der Waals surface area contributed by atoms with Crippen molar-refractivity contribution < 1.29 is 9.53 Å². The van der Waals surface area contributed by atoms with Gasteiger partial charge in [0, 0.05) is 24.0 Å². The van der Waals surface area contributed by atoms with E-state index in [1.807, 2.05) is 37.3 Å². The molecule has 0 aliphatic carbocycles. The Balaban J connectivity index is 1.54. The van der Waals surface area contributed by atoms with E-state index in [1.54, 1.807) is 28.3 Å². The summed E-state index contributed by atoms with van der Waals surface area (Å²) in [6.45, 7) is 3.33. The molecule has 1 amide bonds. The number of hydrogen-bond acceptors (Lipinski definition) is 6. The van der Waals surface area contributed by atoms with Crippen LogP contribution < -0.4 is 0 Å². The number of hydrogen-bond donors (Lipinski definition) is 0. The lowest BCUT2D eigenvalue weighted by Gasteiger charge is -2.32. The van der Waals surface area contributed by atoms with E-state index in [9.17, 15) is 4.79 Å². The summed E-state index contributed by atoms with van der Waals surface area (Å²) in [5, 5.41) is 7.61. The Morgan fingerprint density at radius 3 is 2.88 bits per heavy atom. The van der Waals surface area contributed by atoms with Crippen molar-refractivity contribution in [3.05, 3.63) is 66.3 Å². The number of ether oxygens (including phenoxy) is 1. The molecule has 8 heteroatoms. The van der Waals surface area contributed by atoms with E-state index < -0.39 is 0 Å². The van der Waals surface area contributed by atoms with Crippen molar-refractivity contribution in [1.29, 1.82) is 0 Å². The smallest absolute Gasteiger partial charge is 0.254 e. The third-order valence-electron chi connectivity index (χ3n) is 4.29. The van der Waals surface area contributed by atoms with E-state index in [0.717, 1.165) is 11.4 Å². The molecule has 1 aliphatic rings. The zero-order valence-electron chi connectivity index (χ0n) is 14.3. The summed E-state index contributed by atoms with van der Waals surface area (Å²) in [6, 6.07) is 9.25. The van der Waals surface area contributed by atoms with Crippen LogP contribution in [-0.2, 0) is 4.74 Å². The highest BCUT2D eigenvalue weighted by atomic mass is 16.5. The zero-order chi connectivity index (χ0) is 17.9. The Morgan fingerprint density at radius 2 is 2.08 bits per heavy atom. The van der Waals surface area contributed by atoms with Crippen LogP contribution in [0.4, 0.5) is 0 Å². The Kier molecular flexibility index (Phi) is 4.40. The van der Waals surface area contributed by atoms with Crippen molar-refractivity contribution in [3.8, 4) is 5.69 Å². The second-order valence-corrected chi connectivity index (χ2v) is 6.06. The maximum atomic E-state index is 13.0. The van der Waals surface area contributed by atoms with E-state index in [1.165, 1.54) is 0 Å². The predicted molar refractivity (Wildman–Crippen MR) is 92.7 cm³/mol. The van der Waals surface area contributed by atoms with Gasteiger partial charge >= 0.3 is 0 Å². The second-order valence-electron chi connectivity index (χ2n) is 6.06. The number of benzene rings is 1. The molecule has 0 unspecified atom stereocenters. The van der Waals surface area contributed by atoms with Gasteiger partial charge in [0.2, 0.25) is 0 Å². The quantitative estimate of drug-likeness (QED) is 0.713. The van der Waals surface area contributed by atoms with Crippen molar-refractivity contribution in [2.75, 3.05) is 19.7 Å². The summed E-state index contributed by atoms with van der Waals surface area (Å²) in [5.74, 6) is 0.662. The molecule has 0 bridgehead atoms. The molecule has 0 saturated carbocycles. The third kappa shape index (κ3) is 3.31. The van der Waals surface area contributed by atoms with Crippen LogP contribution in [0.3, 0.4) is 0 Å². The molecule has 0 spiro atoms. The topological polar surface area (TPSA) is 86.0 Å². The van der Waals surface area contributed by atoms with Gasteiger partial charge in [-0.3, -0.25) is 9.36 Å². The molecule has 1 aromatic carbocycles. The lowest BCUT2D eigenvalue weighted by Crippen LogP contribution is -2.42.